The zero-order chi connectivity index (χ0) is 20.6. The number of allylic oxidation sites excluding steroid dienone is 1. The fourth-order valence-electron chi connectivity index (χ4n) is 3.31. The highest BCUT2D eigenvalue weighted by Gasteiger charge is 2.34. The first-order valence-electron chi connectivity index (χ1n) is 10.1. The zero-order valence-corrected chi connectivity index (χ0v) is 17.9. The lowest BCUT2D eigenvalue weighted by atomic mass is 9.82. The summed E-state index contributed by atoms with van der Waals surface area (Å²) < 4.78 is 5.37. The van der Waals surface area contributed by atoms with Gasteiger partial charge in [0.1, 0.15) is 0 Å². The number of ether oxygens (including phenoxy) is 1. The van der Waals surface area contributed by atoms with Gasteiger partial charge in [0.15, 0.2) is 5.78 Å². The topological polar surface area (TPSA) is 63.6 Å². The minimum Gasteiger partial charge on any atom is -0.462 e. The molecule has 0 aromatic heterocycles. The molecule has 1 heterocycles. The van der Waals surface area contributed by atoms with E-state index >= 15 is 0 Å². The van der Waals surface area contributed by atoms with Crippen LogP contribution in [0.5, 0.6) is 0 Å². The number of ketones is 1. The van der Waals surface area contributed by atoms with E-state index < -0.39 is 6.10 Å². The lowest BCUT2D eigenvalue weighted by molar-refractivity contribution is -0.122. The van der Waals surface area contributed by atoms with E-state index in [1.54, 1.807) is 42.1 Å². The van der Waals surface area contributed by atoms with E-state index in [2.05, 4.69) is 6.92 Å². The Balaban J connectivity index is 1.87. The molecule has 1 saturated heterocycles. The number of aliphatic hydroxyl groups is 1. The Labute approximate surface area is 172 Å². The Hall–Kier alpha value is -1.59. The van der Waals surface area contributed by atoms with Gasteiger partial charge in [-0.25, -0.2) is 4.79 Å². The van der Waals surface area contributed by atoms with Gasteiger partial charge in [0.2, 0.25) is 0 Å². The smallest absolute Gasteiger partial charge is 0.338 e. The highest BCUT2D eigenvalue weighted by atomic mass is 32.2. The quantitative estimate of drug-likeness (QED) is 0.454. The Morgan fingerprint density at radius 3 is 2.68 bits per heavy atom. The molecule has 1 fully saturated rings. The summed E-state index contributed by atoms with van der Waals surface area (Å²) >= 11 is 1.68. The molecule has 4 nitrogen and oxygen atoms in total. The van der Waals surface area contributed by atoms with Gasteiger partial charge in [-0.15, -0.1) is 0 Å². The maximum atomic E-state index is 12.6. The van der Waals surface area contributed by atoms with Crippen LogP contribution in [0.1, 0.15) is 56.8 Å². The van der Waals surface area contributed by atoms with Gasteiger partial charge in [0, 0.05) is 22.3 Å². The second kappa shape index (κ2) is 10.8. The molecular weight excluding hydrogens is 372 g/mol. The van der Waals surface area contributed by atoms with Crippen molar-refractivity contribution in [2.45, 2.75) is 57.8 Å². The number of rotatable bonds is 10. The second-order valence-electron chi connectivity index (χ2n) is 8.02. The van der Waals surface area contributed by atoms with Gasteiger partial charge in [-0.2, -0.15) is 11.8 Å². The summed E-state index contributed by atoms with van der Waals surface area (Å²) in [4.78, 5) is 24.6. The van der Waals surface area contributed by atoms with Crippen LogP contribution in [0.2, 0.25) is 0 Å². The van der Waals surface area contributed by atoms with Gasteiger partial charge in [-0.1, -0.05) is 57.9 Å². The number of unbranched alkanes of at least 4 members (excludes halogenated alkanes) is 1. The Bertz CT molecular complexity index is 668. The van der Waals surface area contributed by atoms with E-state index in [0.29, 0.717) is 24.3 Å². The molecule has 0 amide bonds. The minimum absolute atomic E-state index is 0.0913. The highest BCUT2D eigenvalue weighted by molar-refractivity contribution is 8.00. The standard InChI is InChI=1S/C23H32O4S/c1-4-5-14-23(2,3)21(25)12-11-18-19(24)16-28-20(18)13-15-27-22(26)17-9-7-6-8-10-17/h6-12,18-20,24H,4-5,13-16H2,1-3H3/t18-,19+,20+/m1/s1. The van der Waals surface area contributed by atoms with Crippen LogP contribution in [0.4, 0.5) is 0 Å². The van der Waals surface area contributed by atoms with Crippen molar-refractivity contribution in [1.82, 2.24) is 0 Å². The van der Waals surface area contributed by atoms with Crippen molar-refractivity contribution in [3.63, 3.8) is 0 Å². The average Bonchev–Trinajstić information content (AvgIpc) is 3.04. The molecule has 0 spiro atoms. The van der Waals surface area contributed by atoms with Gasteiger partial charge in [-0.05, 0) is 31.1 Å². The summed E-state index contributed by atoms with van der Waals surface area (Å²) in [5.41, 5.74) is 0.169. The number of carbonyl (C=O) groups excluding carboxylic acids is 2. The van der Waals surface area contributed by atoms with E-state index in [-0.39, 0.29) is 28.3 Å². The number of hydrogen-bond donors (Lipinski definition) is 1. The third-order valence-electron chi connectivity index (χ3n) is 5.29. The van der Waals surface area contributed by atoms with Crippen LogP contribution < -0.4 is 0 Å². The summed E-state index contributed by atoms with van der Waals surface area (Å²) in [6, 6.07) is 8.93. The zero-order valence-electron chi connectivity index (χ0n) is 17.1. The Morgan fingerprint density at radius 2 is 2.00 bits per heavy atom. The fourth-order valence-corrected chi connectivity index (χ4v) is 4.74. The molecule has 154 valence electrons. The van der Waals surface area contributed by atoms with E-state index in [1.807, 2.05) is 26.0 Å². The lowest BCUT2D eigenvalue weighted by Gasteiger charge is -2.22. The first kappa shape index (κ1) is 22.7. The monoisotopic (exact) mass is 404 g/mol. The normalized spacial score (nSPS) is 22.5. The summed E-state index contributed by atoms with van der Waals surface area (Å²) in [5.74, 6) is 0.328. The first-order chi connectivity index (χ1) is 13.3. The molecule has 0 saturated carbocycles. The van der Waals surface area contributed by atoms with Crippen LogP contribution in [0.15, 0.2) is 42.5 Å². The van der Waals surface area contributed by atoms with Crippen molar-refractivity contribution in [2.75, 3.05) is 12.4 Å². The largest absolute Gasteiger partial charge is 0.462 e. The van der Waals surface area contributed by atoms with Crippen LogP contribution in [0.3, 0.4) is 0 Å². The number of thioether (sulfide) groups is 1. The van der Waals surface area contributed by atoms with E-state index in [9.17, 15) is 14.7 Å². The van der Waals surface area contributed by atoms with Crippen molar-refractivity contribution in [3.05, 3.63) is 48.0 Å². The van der Waals surface area contributed by atoms with Crippen molar-refractivity contribution in [2.24, 2.45) is 11.3 Å². The Kier molecular flexibility index (Phi) is 8.77. The molecule has 0 radical (unpaired) electrons. The van der Waals surface area contributed by atoms with E-state index in [1.165, 1.54) is 0 Å². The molecule has 0 bridgehead atoms. The third-order valence-corrected chi connectivity index (χ3v) is 6.80. The molecule has 2 rings (SSSR count). The van der Waals surface area contributed by atoms with Gasteiger partial charge < -0.3 is 9.84 Å². The molecule has 1 aliphatic heterocycles. The molecule has 3 atom stereocenters. The highest BCUT2D eigenvalue weighted by Crippen LogP contribution is 2.36. The minimum atomic E-state index is -0.470. The van der Waals surface area contributed by atoms with E-state index in [0.717, 1.165) is 19.3 Å². The SMILES string of the molecule is CCCCC(C)(C)C(=O)C=C[C@H]1[C@H](CCOC(=O)c2ccccc2)SC[C@@H]1O. The molecule has 28 heavy (non-hydrogen) atoms. The van der Waals surface area contributed by atoms with Crippen molar-refractivity contribution in [1.29, 1.82) is 0 Å². The maximum Gasteiger partial charge on any atom is 0.338 e. The van der Waals surface area contributed by atoms with Gasteiger partial charge >= 0.3 is 5.97 Å². The van der Waals surface area contributed by atoms with Gasteiger partial charge in [-0.3, -0.25) is 4.79 Å². The number of benzene rings is 1. The van der Waals surface area contributed by atoms with Crippen LogP contribution in [-0.4, -0.2) is 40.6 Å². The molecule has 0 unspecified atom stereocenters. The summed E-state index contributed by atoms with van der Waals surface area (Å²) in [7, 11) is 0. The molecule has 1 N–H and O–H groups in total. The molecule has 1 aromatic carbocycles. The molecular formula is C23H32O4S. The Morgan fingerprint density at radius 1 is 1.29 bits per heavy atom. The molecule has 1 aromatic rings. The van der Waals surface area contributed by atoms with Gasteiger partial charge in [0.05, 0.1) is 18.3 Å². The number of carbonyl (C=O) groups is 2. The summed E-state index contributed by atoms with van der Waals surface area (Å²) in [5, 5.41) is 10.5. The van der Waals surface area contributed by atoms with Crippen molar-refractivity contribution < 1.29 is 19.4 Å². The van der Waals surface area contributed by atoms with Crippen LogP contribution in [0, 0.1) is 11.3 Å². The van der Waals surface area contributed by atoms with Crippen molar-refractivity contribution >= 4 is 23.5 Å². The predicted molar refractivity (Wildman–Crippen MR) is 115 cm³/mol. The van der Waals surface area contributed by atoms with Crippen LogP contribution in [0.25, 0.3) is 0 Å². The third kappa shape index (κ3) is 6.49. The number of esters is 1. The fraction of sp³-hybridized carbons (Fsp3) is 0.565. The number of hydrogen-bond acceptors (Lipinski definition) is 5. The average molecular weight is 405 g/mol. The van der Waals surface area contributed by atoms with Crippen LogP contribution in [-0.2, 0) is 9.53 Å². The van der Waals surface area contributed by atoms with Crippen molar-refractivity contribution in [3.8, 4) is 0 Å². The maximum absolute atomic E-state index is 12.6. The molecule has 0 aliphatic carbocycles. The van der Waals surface area contributed by atoms with E-state index in [4.69, 9.17) is 4.74 Å². The predicted octanol–water partition coefficient (Wildman–Crippen LogP) is 4.67. The number of aliphatic hydroxyl groups excluding tert-OH is 1. The van der Waals surface area contributed by atoms with Gasteiger partial charge in [0.25, 0.3) is 0 Å². The molecule has 5 heteroatoms. The molecule has 1 aliphatic rings. The second-order valence-corrected chi connectivity index (χ2v) is 9.29. The first-order valence-corrected chi connectivity index (χ1v) is 11.1. The summed E-state index contributed by atoms with van der Waals surface area (Å²) in [6.45, 7) is 6.39. The van der Waals surface area contributed by atoms with Crippen LogP contribution >= 0.6 is 11.8 Å². The lowest BCUT2D eigenvalue weighted by Crippen LogP contribution is -2.25. The summed E-state index contributed by atoms with van der Waals surface area (Å²) in [6.07, 6.45) is 6.67.